The molecule has 5 atom stereocenters. The van der Waals surface area contributed by atoms with Crippen molar-refractivity contribution in [1.82, 2.24) is 10.2 Å². The topological polar surface area (TPSA) is 78.9 Å². The lowest BCUT2D eigenvalue weighted by Gasteiger charge is -2.39. The van der Waals surface area contributed by atoms with E-state index in [0.29, 0.717) is 6.42 Å². The molecule has 6 nitrogen and oxygen atoms in total. The number of ether oxygens (including phenoxy) is 1. The van der Waals surface area contributed by atoms with Gasteiger partial charge in [0.05, 0.1) is 13.2 Å². The van der Waals surface area contributed by atoms with Crippen molar-refractivity contribution < 1.29 is 19.4 Å². The summed E-state index contributed by atoms with van der Waals surface area (Å²) in [5, 5.41) is 12.7. The Kier molecular flexibility index (Phi) is 4.76. The van der Waals surface area contributed by atoms with Crippen molar-refractivity contribution in [3.63, 3.8) is 0 Å². The minimum Gasteiger partial charge on any atom is -0.453 e. The zero-order valence-electron chi connectivity index (χ0n) is 13.2. The van der Waals surface area contributed by atoms with Crippen molar-refractivity contribution in [2.24, 2.45) is 11.8 Å². The van der Waals surface area contributed by atoms with Crippen molar-refractivity contribution in [3.8, 4) is 0 Å². The van der Waals surface area contributed by atoms with Gasteiger partial charge in [-0.05, 0) is 25.2 Å². The summed E-state index contributed by atoms with van der Waals surface area (Å²) in [7, 11) is 1.29. The summed E-state index contributed by atoms with van der Waals surface area (Å²) in [6, 6.07) is -0.405. The average Bonchev–Trinajstić information content (AvgIpc) is 2.99. The number of hydrogen-bond acceptors (Lipinski definition) is 4. The highest BCUT2D eigenvalue weighted by molar-refractivity contribution is 5.86. The molecule has 21 heavy (non-hydrogen) atoms. The first-order valence-corrected chi connectivity index (χ1v) is 7.75. The standard InChI is InChI=1S/C15H26N2O4/c1-5-11-10-6-9(7-12(10)18)17(11)14(19)13(8(2)3)16-15(20)21-4/h8-13,18H,5-7H2,1-4H3,(H,16,20)/t9-,10-,11+,12-,13-/m0/s1. The van der Waals surface area contributed by atoms with Gasteiger partial charge < -0.3 is 20.1 Å². The summed E-state index contributed by atoms with van der Waals surface area (Å²) < 4.78 is 4.62. The fourth-order valence-corrected chi connectivity index (χ4v) is 3.84. The quantitative estimate of drug-likeness (QED) is 0.815. The molecule has 1 saturated heterocycles. The van der Waals surface area contributed by atoms with Crippen LogP contribution in [0.3, 0.4) is 0 Å². The van der Waals surface area contributed by atoms with Crippen LogP contribution in [0, 0.1) is 11.8 Å². The Morgan fingerprint density at radius 2 is 2.05 bits per heavy atom. The van der Waals surface area contributed by atoms with E-state index >= 15 is 0 Å². The Labute approximate surface area is 125 Å². The fourth-order valence-electron chi connectivity index (χ4n) is 3.84. The first-order chi connectivity index (χ1) is 9.90. The Morgan fingerprint density at radius 3 is 2.57 bits per heavy atom. The predicted octanol–water partition coefficient (Wildman–Crippen LogP) is 1.13. The summed E-state index contributed by atoms with van der Waals surface area (Å²) in [5.74, 6) is 0.106. The Hall–Kier alpha value is -1.30. The highest BCUT2D eigenvalue weighted by Gasteiger charge is 2.53. The molecule has 0 aromatic heterocycles. The lowest BCUT2D eigenvalue weighted by molar-refractivity contribution is -0.140. The van der Waals surface area contributed by atoms with Gasteiger partial charge in [-0.2, -0.15) is 0 Å². The van der Waals surface area contributed by atoms with E-state index < -0.39 is 12.1 Å². The van der Waals surface area contributed by atoms with E-state index in [-0.39, 0.29) is 35.9 Å². The van der Waals surface area contributed by atoms with Crippen LogP contribution in [-0.4, -0.2) is 53.3 Å². The molecule has 2 aliphatic rings. The molecule has 1 aliphatic carbocycles. The van der Waals surface area contributed by atoms with Gasteiger partial charge in [-0.15, -0.1) is 0 Å². The minimum atomic E-state index is -0.584. The second kappa shape index (κ2) is 6.22. The van der Waals surface area contributed by atoms with Gasteiger partial charge in [-0.25, -0.2) is 4.79 Å². The Morgan fingerprint density at radius 1 is 1.38 bits per heavy atom. The summed E-state index contributed by atoms with van der Waals surface area (Å²) in [5.41, 5.74) is 0. The number of piperidine rings is 1. The molecule has 6 heteroatoms. The first kappa shape index (κ1) is 16.1. The monoisotopic (exact) mass is 298 g/mol. The lowest BCUT2D eigenvalue weighted by Crippen LogP contribution is -2.57. The number of methoxy groups -OCH3 is 1. The van der Waals surface area contributed by atoms with Crippen molar-refractivity contribution in [2.45, 2.75) is 64.3 Å². The van der Waals surface area contributed by atoms with Crippen molar-refractivity contribution in [1.29, 1.82) is 0 Å². The van der Waals surface area contributed by atoms with Crippen LogP contribution in [0.4, 0.5) is 4.79 Å². The first-order valence-electron chi connectivity index (χ1n) is 7.75. The largest absolute Gasteiger partial charge is 0.453 e. The number of alkyl carbamates (subject to hydrolysis) is 1. The van der Waals surface area contributed by atoms with Crippen LogP contribution in [-0.2, 0) is 9.53 Å². The molecule has 0 unspecified atom stereocenters. The van der Waals surface area contributed by atoms with Crippen LogP contribution < -0.4 is 5.32 Å². The number of fused-ring (bicyclic) bond motifs is 2. The fraction of sp³-hybridized carbons (Fsp3) is 0.867. The zero-order valence-corrected chi connectivity index (χ0v) is 13.2. The minimum absolute atomic E-state index is 0.0156. The second-order valence-electron chi connectivity index (χ2n) is 6.44. The number of aliphatic hydroxyl groups is 1. The lowest BCUT2D eigenvalue weighted by atomic mass is 9.92. The second-order valence-corrected chi connectivity index (χ2v) is 6.44. The third-order valence-corrected chi connectivity index (χ3v) is 4.86. The van der Waals surface area contributed by atoms with Crippen molar-refractivity contribution >= 4 is 12.0 Å². The van der Waals surface area contributed by atoms with Gasteiger partial charge in [0, 0.05) is 18.0 Å². The average molecular weight is 298 g/mol. The third-order valence-electron chi connectivity index (χ3n) is 4.86. The number of carbonyl (C=O) groups excluding carboxylic acids is 2. The number of hydrogen-bond donors (Lipinski definition) is 2. The number of amides is 2. The van der Waals surface area contributed by atoms with E-state index in [1.807, 2.05) is 25.7 Å². The smallest absolute Gasteiger partial charge is 0.407 e. The molecule has 0 aromatic rings. The number of nitrogens with one attached hydrogen (secondary N) is 1. The Balaban J connectivity index is 2.15. The molecule has 0 aromatic carbocycles. The molecule has 2 bridgehead atoms. The van der Waals surface area contributed by atoms with Gasteiger partial charge in [0.2, 0.25) is 5.91 Å². The zero-order chi connectivity index (χ0) is 15.7. The van der Waals surface area contributed by atoms with E-state index in [1.54, 1.807) is 0 Å². The summed E-state index contributed by atoms with van der Waals surface area (Å²) in [6.45, 7) is 5.85. The molecule has 2 fully saturated rings. The number of likely N-dealkylation sites (tertiary alicyclic amines) is 1. The molecular weight excluding hydrogens is 272 g/mol. The predicted molar refractivity (Wildman–Crippen MR) is 77.6 cm³/mol. The van der Waals surface area contributed by atoms with Crippen LogP contribution in [0.25, 0.3) is 0 Å². The van der Waals surface area contributed by atoms with Gasteiger partial charge >= 0.3 is 6.09 Å². The summed E-state index contributed by atoms with van der Waals surface area (Å²) in [6.07, 6.45) is 1.46. The van der Waals surface area contributed by atoms with Crippen LogP contribution >= 0.6 is 0 Å². The molecule has 2 rings (SSSR count). The maximum atomic E-state index is 12.9. The van der Waals surface area contributed by atoms with E-state index in [0.717, 1.165) is 12.8 Å². The Bertz CT molecular complexity index is 412. The van der Waals surface area contributed by atoms with Crippen molar-refractivity contribution in [2.75, 3.05) is 7.11 Å². The summed E-state index contributed by atoms with van der Waals surface area (Å²) in [4.78, 5) is 26.2. The molecule has 1 aliphatic heterocycles. The van der Waals surface area contributed by atoms with Gasteiger partial charge in [0.1, 0.15) is 6.04 Å². The van der Waals surface area contributed by atoms with E-state index in [4.69, 9.17) is 0 Å². The van der Waals surface area contributed by atoms with Crippen molar-refractivity contribution in [3.05, 3.63) is 0 Å². The normalized spacial score (nSPS) is 32.4. The molecule has 0 radical (unpaired) electrons. The molecule has 0 spiro atoms. The number of carbonyl (C=O) groups is 2. The summed E-state index contributed by atoms with van der Waals surface area (Å²) >= 11 is 0. The number of aliphatic hydroxyl groups excluding tert-OH is 1. The van der Waals surface area contributed by atoms with Gasteiger partial charge in [-0.1, -0.05) is 20.8 Å². The van der Waals surface area contributed by atoms with E-state index in [1.165, 1.54) is 7.11 Å². The molecule has 2 N–H and O–H groups in total. The molecule has 2 amide bonds. The maximum Gasteiger partial charge on any atom is 0.407 e. The number of rotatable bonds is 4. The van der Waals surface area contributed by atoms with Gasteiger partial charge in [-0.3, -0.25) is 4.79 Å². The molecule has 1 heterocycles. The molecule has 120 valence electrons. The SMILES string of the molecule is CC[C@@H]1[C@@H]2C[C@@H](C[C@@H]2O)N1C(=O)[C@@H](NC(=O)OC)C(C)C. The van der Waals surface area contributed by atoms with Crippen LogP contribution in [0.15, 0.2) is 0 Å². The highest BCUT2D eigenvalue weighted by atomic mass is 16.5. The highest BCUT2D eigenvalue weighted by Crippen LogP contribution is 2.44. The van der Waals surface area contributed by atoms with Crippen LogP contribution in [0.2, 0.25) is 0 Å². The van der Waals surface area contributed by atoms with Crippen LogP contribution in [0.1, 0.15) is 40.0 Å². The van der Waals surface area contributed by atoms with E-state index in [9.17, 15) is 14.7 Å². The number of nitrogens with zero attached hydrogens (tertiary/aromatic N) is 1. The maximum absolute atomic E-state index is 12.9. The van der Waals surface area contributed by atoms with Gasteiger partial charge in [0.15, 0.2) is 0 Å². The third kappa shape index (κ3) is 2.86. The van der Waals surface area contributed by atoms with E-state index in [2.05, 4.69) is 10.1 Å². The van der Waals surface area contributed by atoms with Gasteiger partial charge in [0.25, 0.3) is 0 Å². The molecule has 1 saturated carbocycles. The molecular formula is C15H26N2O4. The van der Waals surface area contributed by atoms with Crippen LogP contribution in [0.5, 0.6) is 0 Å².